The van der Waals surface area contributed by atoms with Gasteiger partial charge in [0.05, 0.1) is 0 Å². The monoisotopic (exact) mass is 182 g/mol. The van der Waals surface area contributed by atoms with E-state index in [2.05, 4.69) is 0 Å². The minimum absolute atomic E-state index is 0.339. The number of carbonyl (C=O) groups excluding carboxylic acids is 1. The van der Waals surface area contributed by atoms with E-state index in [1.54, 1.807) is 0 Å². The van der Waals surface area contributed by atoms with Crippen LogP contribution in [0, 0.1) is 5.82 Å². The molecule has 0 aromatic heterocycles. The maximum atomic E-state index is 12.4. The van der Waals surface area contributed by atoms with Crippen molar-refractivity contribution in [1.82, 2.24) is 0 Å². The number of ketones is 1. The van der Waals surface area contributed by atoms with Crippen molar-refractivity contribution in [1.29, 1.82) is 0 Å². The van der Waals surface area contributed by atoms with Crippen LogP contribution in [0.15, 0.2) is 30.3 Å². The lowest BCUT2D eigenvalue weighted by Crippen LogP contribution is -1.92. The first kappa shape index (κ1) is 9.58. The van der Waals surface area contributed by atoms with E-state index in [0.29, 0.717) is 5.56 Å². The van der Waals surface area contributed by atoms with Gasteiger partial charge in [0.2, 0.25) is 0 Å². The molecule has 0 aliphatic rings. The van der Waals surface area contributed by atoms with E-state index in [1.165, 1.54) is 30.3 Å². The van der Waals surface area contributed by atoms with Crippen molar-refractivity contribution < 1.29 is 13.6 Å². The minimum atomic E-state index is -1.00. The van der Waals surface area contributed by atoms with E-state index in [9.17, 15) is 13.6 Å². The summed E-state index contributed by atoms with van der Waals surface area (Å²) in [6.07, 6.45) is 2.58. The molecule has 0 fully saturated rings. The fraction of sp³-hybridized carbons (Fsp3) is 0.100. The number of hydrogen-bond donors (Lipinski definition) is 0. The van der Waals surface area contributed by atoms with Crippen LogP contribution >= 0.6 is 0 Å². The Morgan fingerprint density at radius 2 is 1.92 bits per heavy atom. The topological polar surface area (TPSA) is 17.1 Å². The lowest BCUT2D eigenvalue weighted by Gasteiger charge is -1.91. The smallest absolute Gasteiger partial charge is 0.186 e. The second-order valence-electron chi connectivity index (χ2n) is 2.48. The Labute approximate surface area is 74.7 Å². The molecule has 1 rings (SSSR count). The van der Waals surface area contributed by atoms with Gasteiger partial charge in [0.1, 0.15) is 5.82 Å². The Bertz CT molecular complexity index is 314. The molecule has 0 unspecified atom stereocenters. The van der Waals surface area contributed by atoms with Crippen molar-refractivity contribution in [2.24, 2.45) is 0 Å². The van der Waals surface area contributed by atoms with Crippen molar-refractivity contribution in [3.63, 3.8) is 0 Å². The number of carbonyl (C=O) groups is 1. The average Bonchev–Trinajstić information content (AvgIpc) is 2.16. The van der Waals surface area contributed by atoms with E-state index in [0.717, 1.165) is 6.08 Å². The van der Waals surface area contributed by atoms with Gasteiger partial charge < -0.3 is 0 Å². The zero-order valence-corrected chi connectivity index (χ0v) is 6.84. The summed E-state index contributed by atoms with van der Waals surface area (Å²) in [7, 11) is 0. The SMILES string of the molecule is O=C(/C=C/c1ccc(F)cc1)CF. The molecule has 0 amide bonds. The van der Waals surface area contributed by atoms with Gasteiger partial charge in [-0.15, -0.1) is 0 Å². The van der Waals surface area contributed by atoms with Crippen LogP contribution in [-0.2, 0) is 4.79 Å². The van der Waals surface area contributed by atoms with Crippen molar-refractivity contribution in [3.05, 3.63) is 41.7 Å². The molecular formula is C10H8F2O. The summed E-state index contributed by atoms with van der Waals surface area (Å²) in [5, 5.41) is 0. The van der Waals surface area contributed by atoms with E-state index < -0.39 is 12.5 Å². The van der Waals surface area contributed by atoms with Gasteiger partial charge in [-0.1, -0.05) is 18.2 Å². The van der Waals surface area contributed by atoms with Gasteiger partial charge in [0, 0.05) is 0 Å². The molecule has 0 saturated carbocycles. The summed E-state index contributed by atoms with van der Waals surface area (Å²) >= 11 is 0. The lowest BCUT2D eigenvalue weighted by atomic mass is 10.2. The summed E-state index contributed by atoms with van der Waals surface area (Å²) in [5.74, 6) is -0.932. The van der Waals surface area contributed by atoms with Crippen LogP contribution in [-0.4, -0.2) is 12.5 Å². The molecule has 13 heavy (non-hydrogen) atoms. The molecule has 0 heterocycles. The number of hydrogen-bond acceptors (Lipinski definition) is 1. The molecule has 0 spiro atoms. The zero-order valence-electron chi connectivity index (χ0n) is 6.84. The minimum Gasteiger partial charge on any atom is -0.292 e. The predicted octanol–water partition coefficient (Wildman–Crippen LogP) is 2.38. The van der Waals surface area contributed by atoms with Crippen molar-refractivity contribution in [3.8, 4) is 0 Å². The fourth-order valence-corrected chi connectivity index (χ4v) is 0.808. The van der Waals surface area contributed by atoms with Crippen molar-refractivity contribution in [2.75, 3.05) is 6.67 Å². The van der Waals surface area contributed by atoms with Gasteiger partial charge in [-0.25, -0.2) is 8.78 Å². The van der Waals surface area contributed by atoms with Crippen LogP contribution in [0.3, 0.4) is 0 Å². The van der Waals surface area contributed by atoms with Gasteiger partial charge in [0.25, 0.3) is 0 Å². The van der Waals surface area contributed by atoms with Gasteiger partial charge in [-0.3, -0.25) is 4.79 Å². The molecule has 1 aromatic carbocycles. The van der Waals surface area contributed by atoms with Crippen molar-refractivity contribution >= 4 is 11.9 Å². The molecule has 0 radical (unpaired) electrons. The molecule has 1 nitrogen and oxygen atoms in total. The van der Waals surface area contributed by atoms with Gasteiger partial charge >= 0.3 is 0 Å². The summed E-state index contributed by atoms with van der Waals surface area (Å²) < 4.78 is 24.1. The summed E-state index contributed by atoms with van der Waals surface area (Å²) in [6.45, 7) is -1.00. The second kappa shape index (κ2) is 4.50. The third kappa shape index (κ3) is 3.15. The Kier molecular flexibility index (Phi) is 3.31. The normalized spacial score (nSPS) is 10.6. The maximum absolute atomic E-state index is 12.4. The Morgan fingerprint density at radius 3 is 2.46 bits per heavy atom. The zero-order chi connectivity index (χ0) is 9.68. The fourth-order valence-electron chi connectivity index (χ4n) is 0.808. The number of halogens is 2. The molecule has 1 aromatic rings. The highest BCUT2D eigenvalue weighted by molar-refractivity contribution is 5.94. The number of allylic oxidation sites excluding steroid dienone is 1. The van der Waals surface area contributed by atoms with Gasteiger partial charge in [-0.2, -0.15) is 0 Å². The molecule has 0 saturated heterocycles. The van der Waals surface area contributed by atoms with Gasteiger partial charge in [-0.05, 0) is 23.8 Å². The highest BCUT2D eigenvalue weighted by Crippen LogP contribution is 2.04. The molecule has 0 atom stereocenters. The van der Waals surface area contributed by atoms with Crippen LogP contribution < -0.4 is 0 Å². The molecule has 3 heteroatoms. The van der Waals surface area contributed by atoms with Crippen molar-refractivity contribution in [2.45, 2.75) is 0 Å². The Morgan fingerprint density at radius 1 is 1.31 bits per heavy atom. The first-order chi connectivity index (χ1) is 6.22. The number of rotatable bonds is 3. The first-order valence-electron chi connectivity index (χ1n) is 3.75. The van der Waals surface area contributed by atoms with Crippen LogP contribution in [0.2, 0.25) is 0 Å². The van der Waals surface area contributed by atoms with E-state index in [-0.39, 0.29) is 5.82 Å². The quantitative estimate of drug-likeness (QED) is 0.656. The first-order valence-corrected chi connectivity index (χ1v) is 3.75. The number of alkyl halides is 1. The summed E-state index contributed by atoms with van der Waals surface area (Å²) in [5.41, 5.74) is 0.670. The number of benzene rings is 1. The average molecular weight is 182 g/mol. The molecule has 0 bridgehead atoms. The molecule has 0 aliphatic carbocycles. The maximum Gasteiger partial charge on any atom is 0.186 e. The van der Waals surface area contributed by atoms with Gasteiger partial charge in [0.15, 0.2) is 12.5 Å². The molecular weight excluding hydrogens is 174 g/mol. The highest BCUT2D eigenvalue weighted by atomic mass is 19.1. The Balaban J connectivity index is 2.69. The molecule has 0 aliphatic heterocycles. The van der Waals surface area contributed by atoms with E-state index in [1.807, 2.05) is 0 Å². The Hall–Kier alpha value is -1.51. The van der Waals surface area contributed by atoms with Crippen LogP contribution in [0.25, 0.3) is 6.08 Å². The van der Waals surface area contributed by atoms with E-state index in [4.69, 9.17) is 0 Å². The lowest BCUT2D eigenvalue weighted by molar-refractivity contribution is -0.115. The standard InChI is InChI=1S/C10H8F2O/c11-7-10(13)6-3-8-1-4-9(12)5-2-8/h1-6H,7H2/b6-3+. The van der Waals surface area contributed by atoms with E-state index >= 15 is 0 Å². The van der Waals surface area contributed by atoms with Crippen LogP contribution in [0.5, 0.6) is 0 Å². The molecule has 68 valence electrons. The third-order valence-electron chi connectivity index (χ3n) is 1.46. The van der Waals surface area contributed by atoms with Crippen LogP contribution in [0.4, 0.5) is 8.78 Å². The second-order valence-corrected chi connectivity index (χ2v) is 2.48. The third-order valence-corrected chi connectivity index (χ3v) is 1.46. The summed E-state index contributed by atoms with van der Waals surface area (Å²) in [6, 6.07) is 5.58. The molecule has 0 N–H and O–H groups in total. The van der Waals surface area contributed by atoms with Crippen LogP contribution in [0.1, 0.15) is 5.56 Å². The summed E-state index contributed by atoms with van der Waals surface area (Å²) in [4.78, 5) is 10.5. The highest BCUT2D eigenvalue weighted by Gasteiger charge is 1.93. The largest absolute Gasteiger partial charge is 0.292 e. The predicted molar refractivity (Wildman–Crippen MR) is 46.4 cm³/mol.